The first-order chi connectivity index (χ1) is 9.44. The van der Waals surface area contributed by atoms with Crippen molar-refractivity contribution in [3.8, 4) is 5.75 Å². The molecule has 0 saturated heterocycles. The summed E-state index contributed by atoms with van der Waals surface area (Å²) >= 11 is 0. The van der Waals surface area contributed by atoms with Crippen LogP contribution in [0.1, 0.15) is 12.5 Å². The van der Waals surface area contributed by atoms with Gasteiger partial charge in [0.05, 0.1) is 5.69 Å². The SMILES string of the molecule is CC(=Nc1ccc(OC(F)(F)F)cc1)c1cncnc1. The van der Waals surface area contributed by atoms with Gasteiger partial charge in [-0.1, -0.05) is 0 Å². The van der Waals surface area contributed by atoms with Gasteiger partial charge in [0.1, 0.15) is 12.1 Å². The van der Waals surface area contributed by atoms with Gasteiger partial charge in [-0.3, -0.25) is 4.99 Å². The second kappa shape index (κ2) is 5.68. The van der Waals surface area contributed by atoms with E-state index in [9.17, 15) is 13.2 Å². The molecular formula is C13H10F3N3O. The van der Waals surface area contributed by atoms with Crippen molar-refractivity contribution in [2.24, 2.45) is 4.99 Å². The van der Waals surface area contributed by atoms with Crippen LogP contribution in [0, 0.1) is 0 Å². The zero-order chi connectivity index (χ0) is 14.6. The molecule has 0 spiro atoms. The number of hydrogen-bond donors (Lipinski definition) is 0. The lowest BCUT2D eigenvalue weighted by Gasteiger charge is -2.08. The first kappa shape index (κ1) is 14.0. The first-order valence-corrected chi connectivity index (χ1v) is 5.60. The number of hydrogen-bond acceptors (Lipinski definition) is 4. The van der Waals surface area contributed by atoms with E-state index in [1.165, 1.54) is 30.6 Å². The van der Waals surface area contributed by atoms with Gasteiger partial charge in [-0.05, 0) is 31.2 Å². The smallest absolute Gasteiger partial charge is 0.406 e. The largest absolute Gasteiger partial charge is 0.573 e. The molecule has 0 radical (unpaired) electrons. The third kappa shape index (κ3) is 4.04. The van der Waals surface area contributed by atoms with Crippen molar-refractivity contribution in [1.29, 1.82) is 0 Å². The maximum Gasteiger partial charge on any atom is 0.573 e. The summed E-state index contributed by atoms with van der Waals surface area (Å²) in [5.41, 5.74) is 1.92. The number of nitrogens with zero attached hydrogens (tertiary/aromatic N) is 3. The van der Waals surface area contributed by atoms with E-state index in [-0.39, 0.29) is 5.75 Å². The predicted octanol–water partition coefficient (Wildman–Crippen LogP) is 3.52. The molecule has 1 aromatic heterocycles. The van der Waals surface area contributed by atoms with Crippen molar-refractivity contribution in [1.82, 2.24) is 9.97 Å². The molecule has 1 heterocycles. The molecule has 20 heavy (non-hydrogen) atoms. The second-order valence-corrected chi connectivity index (χ2v) is 3.87. The Balaban J connectivity index is 2.15. The van der Waals surface area contributed by atoms with Crippen LogP contribution in [-0.2, 0) is 0 Å². The van der Waals surface area contributed by atoms with E-state index in [0.29, 0.717) is 11.4 Å². The highest BCUT2D eigenvalue weighted by atomic mass is 19.4. The molecule has 0 unspecified atom stereocenters. The quantitative estimate of drug-likeness (QED) is 0.809. The minimum absolute atomic E-state index is 0.280. The molecule has 0 bridgehead atoms. The van der Waals surface area contributed by atoms with Crippen LogP contribution in [0.3, 0.4) is 0 Å². The molecule has 0 aliphatic heterocycles. The fourth-order valence-electron chi connectivity index (χ4n) is 1.47. The Morgan fingerprint density at radius 2 is 1.70 bits per heavy atom. The minimum atomic E-state index is -4.69. The van der Waals surface area contributed by atoms with Crippen LogP contribution in [0.5, 0.6) is 5.75 Å². The third-order valence-corrected chi connectivity index (χ3v) is 2.35. The fourth-order valence-corrected chi connectivity index (χ4v) is 1.47. The summed E-state index contributed by atoms with van der Waals surface area (Å²) in [6.07, 6.45) is -0.0813. The number of ether oxygens (including phenoxy) is 1. The zero-order valence-electron chi connectivity index (χ0n) is 10.4. The Bertz CT molecular complexity index is 595. The summed E-state index contributed by atoms with van der Waals surface area (Å²) < 4.78 is 39.8. The molecule has 0 aliphatic carbocycles. The Hall–Kier alpha value is -2.44. The lowest BCUT2D eigenvalue weighted by molar-refractivity contribution is -0.274. The van der Waals surface area contributed by atoms with Crippen LogP contribution in [0.25, 0.3) is 0 Å². The van der Waals surface area contributed by atoms with Gasteiger partial charge in [0, 0.05) is 23.7 Å². The number of aromatic nitrogens is 2. The van der Waals surface area contributed by atoms with Crippen LogP contribution >= 0.6 is 0 Å². The van der Waals surface area contributed by atoms with Gasteiger partial charge < -0.3 is 4.74 Å². The average Bonchev–Trinajstić information content (AvgIpc) is 2.40. The number of aliphatic imine (C=N–C) groups is 1. The Morgan fingerprint density at radius 1 is 1.10 bits per heavy atom. The molecule has 0 atom stereocenters. The van der Waals surface area contributed by atoms with Crippen LogP contribution in [-0.4, -0.2) is 22.0 Å². The summed E-state index contributed by atoms with van der Waals surface area (Å²) in [7, 11) is 0. The third-order valence-electron chi connectivity index (χ3n) is 2.35. The molecule has 0 saturated carbocycles. The molecule has 1 aromatic carbocycles. The monoisotopic (exact) mass is 281 g/mol. The van der Waals surface area contributed by atoms with E-state index >= 15 is 0 Å². The highest BCUT2D eigenvalue weighted by molar-refractivity contribution is 5.99. The van der Waals surface area contributed by atoms with Crippen LogP contribution in [0.15, 0.2) is 48.0 Å². The van der Waals surface area contributed by atoms with E-state index in [0.717, 1.165) is 5.56 Å². The molecule has 0 fully saturated rings. The van der Waals surface area contributed by atoms with Crippen molar-refractivity contribution in [3.63, 3.8) is 0 Å². The maximum absolute atomic E-state index is 12.0. The molecular weight excluding hydrogens is 271 g/mol. The highest BCUT2D eigenvalue weighted by Gasteiger charge is 2.30. The highest BCUT2D eigenvalue weighted by Crippen LogP contribution is 2.25. The maximum atomic E-state index is 12.0. The summed E-state index contributed by atoms with van der Waals surface area (Å²) in [5, 5.41) is 0. The summed E-state index contributed by atoms with van der Waals surface area (Å²) in [5.74, 6) is -0.280. The topological polar surface area (TPSA) is 47.4 Å². The van der Waals surface area contributed by atoms with E-state index in [2.05, 4.69) is 19.7 Å². The average molecular weight is 281 g/mol. The summed E-state index contributed by atoms with van der Waals surface area (Å²) in [6.45, 7) is 1.76. The Labute approximate surface area is 113 Å². The molecule has 7 heteroatoms. The molecule has 104 valence electrons. The Morgan fingerprint density at radius 3 is 2.25 bits per heavy atom. The molecule has 0 amide bonds. The van der Waals surface area contributed by atoms with Gasteiger partial charge in [0.15, 0.2) is 0 Å². The van der Waals surface area contributed by atoms with Gasteiger partial charge in [-0.25, -0.2) is 9.97 Å². The minimum Gasteiger partial charge on any atom is -0.406 e. The van der Waals surface area contributed by atoms with Crippen LogP contribution < -0.4 is 4.74 Å². The molecule has 0 N–H and O–H groups in total. The summed E-state index contributed by atoms with van der Waals surface area (Å²) in [6, 6.07) is 5.30. The number of benzene rings is 1. The van der Waals surface area contributed by atoms with E-state index in [1.54, 1.807) is 19.3 Å². The van der Waals surface area contributed by atoms with E-state index in [1.807, 2.05) is 0 Å². The lowest BCUT2D eigenvalue weighted by atomic mass is 10.2. The molecule has 0 aliphatic rings. The van der Waals surface area contributed by atoms with Crippen molar-refractivity contribution in [2.75, 3.05) is 0 Å². The number of alkyl halides is 3. The Kier molecular flexibility index (Phi) is 3.97. The van der Waals surface area contributed by atoms with Gasteiger partial charge in [0.25, 0.3) is 0 Å². The van der Waals surface area contributed by atoms with Crippen LogP contribution in [0.2, 0.25) is 0 Å². The van der Waals surface area contributed by atoms with Crippen LogP contribution in [0.4, 0.5) is 18.9 Å². The van der Waals surface area contributed by atoms with Gasteiger partial charge in [-0.15, -0.1) is 13.2 Å². The summed E-state index contributed by atoms with van der Waals surface area (Å²) in [4.78, 5) is 12.0. The number of rotatable bonds is 3. The van der Waals surface area contributed by atoms with E-state index in [4.69, 9.17) is 0 Å². The lowest BCUT2D eigenvalue weighted by Crippen LogP contribution is -2.16. The van der Waals surface area contributed by atoms with Crippen molar-refractivity contribution < 1.29 is 17.9 Å². The predicted molar refractivity (Wildman–Crippen MR) is 67.0 cm³/mol. The van der Waals surface area contributed by atoms with E-state index < -0.39 is 6.36 Å². The van der Waals surface area contributed by atoms with Crippen molar-refractivity contribution in [3.05, 3.63) is 48.5 Å². The molecule has 2 aromatic rings. The fraction of sp³-hybridized carbons (Fsp3) is 0.154. The molecule has 4 nitrogen and oxygen atoms in total. The van der Waals surface area contributed by atoms with Crippen molar-refractivity contribution >= 4 is 11.4 Å². The molecule has 2 rings (SSSR count). The van der Waals surface area contributed by atoms with Gasteiger partial charge in [0.2, 0.25) is 0 Å². The van der Waals surface area contributed by atoms with Crippen molar-refractivity contribution in [2.45, 2.75) is 13.3 Å². The number of halogens is 3. The van der Waals surface area contributed by atoms with Gasteiger partial charge >= 0.3 is 6.36 Å². The first-order valence-electron chi connectivity index (χ1n) is 5.60. The van der Waals surface area contributed by atoms with Gasteiger partial charge in [-0.2, -0.15) is 0 Å². The normalized spacial score (nSPS) is 12.3. The standard InChI is InChI=1S/C13H10F3N3O/c1-9(10-6-17-8-18-7-10)19-11-2-4-12(5-3-11)20-13(14,15)16/h2-8H,1H3. The second-order valence-electron chi connectivity index (χ2n) is 3.87. The zero-order valence-corrected chi connectivity index (χ0v) is 10.4.